The summed E-state index contributed by atoms with van der Waals surface area (Å²) in [5.41, 5.74) is 0.144. The van der Waals surface area contributed by atoms with Gasteiger partial charge in [-0.25, -0.2) is 9.59 Å². The first-order valence-corrected chi connectivity index (χ1v) is 10.4. The van der Waals surface area contributed by atoms with E-state index in [1.807, 2.05) is 0 Å². The van der Waals surface area contributed by atoms with Gasteiger partial charge in [-0.1, -0.05) is 18.2 Å². The molecule has 0 saturated carbocycles. The lowest BCUT2D eigenvalue weighted by Crippen LogP contribution is -2.74. The van der Waals surface area contributed by atoms with Gasteiger partial charge in [-0.05, 0) is 39.8 Å². The Morgan fingerprint density at radius 1 is 0.812 bits per heavy atom. The molecule has 0 spiro atoms. The highest BCUT2D eigenvalue weighted by atomic mass is 16.9. The summed E-state index contributed by atoms with van der Waals surface area (Å²) < 4.78 is 40.0. The van der Waals surface area contributed by atoms with E-state index in [0.717, 1.165) is 7.11 Å². The SMILES string of the molecule is CCOC1(OCC)OC(C(=O)OC)=C(C(=O)OC)N(c2ccccc2)C1(OCC)OCC. The van der Waals surface area contributed by atoms with Crippen molar-refractivity contribution in [3.05, 3.63) is 41.8 Å². The van der Waals surface area contributed by atoms with Crippen LogP contribution in [0.5, 0.6) is 0 Å². The number of esters is 2. The van der Waals surface area contributed by atoms with Crippen LogP contribution < -0.4 is 4.90 Å². The maximum atomic E-state index is 13.0. The molecule has 0 saturated heterocycles. The Kier molecular flexibility index (Phi) is 9.02. The van der Waals surface area contributed by atoms with Crippen molar-refractivity contribution < 1.29 is 42.7 Å². The topological polar surface area (TPSA) is 102 Å². The van der Waals surface area contributed by atoms with E-state index >= 15 is 0 Å². The van der Waals surface area contributed by atoms with Crippen molar-refractivity contribution in [1.29, 1.82) is 0 Å². The molecule has 0 aliphatic carbocycles. The second kappa shape index (κ2) is 11.3. The van der Waals surface area contributed by atoms with Crippen LogP contribution in [-0.4, -0.2) is 64.5 Å². The third kappa shape index (κ3) is 4.44. The zero-order valence-electron chi connectivity index (χ0n) is 19.3. The quantitative estimate of drug-likeness (QED) is 0.367. The molecule has 10 nitrogen and oxygen atoms in total. The fourth-order valence-electron chi connectivity index (χ4n) is 3.42. The summed E-state index contributed by atoms with van der Waals surface area (Å²) in [5.74, 6) is -6.35. The first-order chi connectivity index (χ1) is 15.4. The highest BCUT2D eigenvalue weighted by Crippen LogP contribution is 2.48. The van der Waals surface area contributed by atoms with E-state index in [-0.39, 0.29) is 32.1 Å². The van der Waals surface area contributed by atoms with Crippen LogP contribution in [0.4, 0.5) is 5.69 Å². The predicted molar refractivity (Wildman–Crippen MR) is 113 cm³/mol. The zero-order valence-corrected chi connectivity index (χ0v) is 19.3. The van der Waals surface area contributed by atoms with E-state index < -0.39 is 29.6 Å². The number of carbonyl (C=O) groups is 2. The zero-order chi connectivity index (χ0) is 23.8. The number of carbonyl (C=O) groups excluding carboxylic acids is 2. The number of nitrogens with zero attached hydrogens (tertiary/aromatic N) is 1. The Labute approximate surface area is 187 Å². The maximum Gasteiger partial charge on any atom is 0.408 e. The second-order valence-electron chi connectivity index (χ2n) is 6.30. The fourth-order valence-corrected chi connectivity index (χ4v) is 3.42. The molecule has 0 atom stereocenters. The van der Waals surface area contributed by atoms with Crippen molar-refractivity contribution in [2.45, 2.75) is 39.6 Å². The van der Waals surface area contributed by atoms with Gasteiger partial charge in [0.25, 0.3) is 0 Å². The highest BCUT2D eigenvalue weighted by Gasteiger charge is 2.70. The third-order valence-electron chi connectivity index (χ3n) is 4.47. The van der Waals surface area contributed by atoms with Crippen LogP contribution in [0.25, 0.3) is 0 Å². The standard InChI is InChI=1S/C22H31NO9/c1-7-28-21(29-8-2)22(30-9-3,31-10-4)32-18(20(25)27-6)17(19(24)26-5)23(21)16-14-12-11-13-15-16/h11-15H,7-10H2,1-6H3. The molecule has 2 rings (SSSR count). The van der Waals surface area contributed by atoms with Crippen LogP contribution in [0.1, 0.15) is 27.7 Å². The molecule has 10 heteroatoms. The number of para-hydroxylation sites is 1. The first kappa shape index (κ1) is 25.6. The minimum atomic E-state index is -2.10. The molecule has 0 fully saturated rings. The predicted octanol–water partition coefficient (Wildman–Crippen LogP) is 2.53. The number of hydrogen-bond donors (Lipinski definition) is 0. The lowest BCUT2D eigenvalue weighted by atomic mass is 10.1. The van der Waals surface area contributed by atoms with Gasteiger partial charge in [0, 0.05) is 18.9 Å². The van der Waals surface area contributed by atoms with Gasteiger partial charge in [0.15, 0.2) is 5.70 Å². The van der Waals surface area contributed by atoms with E-state index in [1.165, 1.54) is 12.0 Å². The van der Waals surface area contributed by atoms with Crippen molar-refractivity contribution in [2.75, 3.05) is 45.5 Å². The molecule has 0 aromatic heterocycles. The summed E-state index contributed by atoms with van der Waals surface area (Å²) in [6, 6.07) is 8.72. The van der Waals surface area contributed by atoms with Crippen LogP contribution in [0, 0.1) is 0 Å². The van der Waals surface area contributed by atoms with E-state index in [2.05, 4.69) is 0 Å². The number of rotatable bonds is 11. The largest absolute Gasteiger partial charge is 0.464 e. The van der Waals surface area contributed by atoms with E-state index in [9.17, 15) is 9.59 Å². The van der Waals surface area contributed by atoms with E-state index in [4.69, 9.17) is 33.2 Å². The van der Waals surface area contributed by atoms with Gasteiger partial charge < -0.3 is 33.2 Å². The average molecular weight is 453 g/mol. The molecule has 0 radical (unpaired) electrons. The fraction of sp³-hybridized carbons (Fsp3) is 0.545. The van der Waals surface area contributed by atoms with Gasteiger partial charge in [-0.3, -0.25) is 4.90 Å². The number of methoxy groups -OCH3 is 2. The number of anilines is 1. The molecule has 0 unspecified atom stereocenters. The lowest BCUT2D eigenvalue weighted by Gasteiger charge is -2.54. The van der Waals surface area contributed by atoms with Gasteiger partial charge >= 0.3 is 23.8 Å². The van der Waals surface area contributed by atoms with Gasteiger partial charge in [0.05, 0.1) is 27.4 Å². The smallest absolute Gasteiger partial charge is 0.408 e. The molecule has 0 bridgehead atoms. The maximum absolute atomic E-state index is 13.0. The molecule has 1 aliphatic rings. The van der Waals surface area contributed by atoms with Crippen LogP contribution in [0.15, 0.2) is 41.8 Å². The number of ether oxygens (including phenoxy) is 7. The van der Waals surface area contributed by atoms with Crippen LogP contribution in [0.2, 0.25) is 0 Å². The Morgan fingerprint density at radius 2 is 1.31 bits per heavy atom. The Balaban J connectivity index is 3.03. The molecule has 1 aromatic rings. The van der Waals surface area contributed by atoms with Gasteiger partial charge in [-0.15, -0.1) is 0 Å². The summed E-state index contributed by atoms with van der Waals surface area (Å²) in [6.07, 6.45) is 0. The van der Waals surface area contributed by atoms with Crippen molar-refractivity contribution >= 4 is 17.6 Å². The Hall–Kier alpha value is -2.66. The summed E-state index contributed by atoms with van der Waals surface area (Å²) in [4.78, 5) is 27.1. The van der Waals surface area contributed by atoms with Gasteiger partial charge in [0.1, 0.15) is 0 Å². The highest BCUT2D eigenvalue weighted by molar-refractivity contribution is 6.02. The molecule has 0 amide bonds. The summed E-state index contributed by atoms with van der Waals surface area (Å²) in [7, 11) is 2.35. The van der Waals surface area contributed by atoms with E-state index in [0.29, 0.717) is 5.69 Å². The Morgan fingerprint density at radius 3 is 1.75 bits per heavy atom. The van der Waals surface area contributed by atoms with Crippen LogP contribution in [0.3, 0.4) is 0 Å². The van der Waals surface area contributed by atoms with Crippen LogP contribution in [-0.2, 0) is 42.7 Å². The number of hydrogen-bond acceptors (Lipinski definition) is 10. The minimum Gasteiger partial charge on any atom is -0.464 e. The van der Waals surface area contributed by atoms with Gasteiger partial charge in [0.2, 0.25) is 5.76 Å². The third-order valence-corrected chi connectivity index (χ3v) is 4.47. The molecule has 32 heavy (non-hydrogen) atoms. The molecule has 178 valence electrons. The monoisotopic (exact) mass is 453 g/mol. The Bertz CT molecular complexity index is 797. The second-order valence-corrected chi connectivity index (χ2v) is 6.30. The summed E-state index contributed by atoms with van der Waals surface area (Å²) in [5, 5.41) is 0. The lowest BCUT2D eigenvalue weighted by molar-refractivity contribution is -0.490. The van der Waals surface area contributed by atoms with Crippen molar-refractivity contribution in [3.63, 3.8) is 0 Å². The average Bonchev–Trinajstić information content (AvgIpc) is 2.80. The summed E-state index contributed by atoms with van der Waals surface area (Å²) in [6.45, 7) is 7.37. The van der Waals surface area contributed by atoms with Crippen molar-refractivity contribution in [1.82, 2.24) is 0 Å². The minimum absolute atomic E-state index is 0.104. The van der Waals surface area contributed by atoms with E-state index in [1.54, 1.807) is 58.0 Å². The normalized spacial score (nSPS) is 17.0. The summed E-state index contributed by atoms with van der Waals surface area (Å²) >= 11 is 0. The first-order valence-electron chi connectivity index (χ1n) is 10.4. The molecule has 1 aliphatic heterocycles. The molecule has 1 heterocycles. The molecular weight excluding hydrogens is 422 g/mol. The van der Waals surface area contributed by atoms with Crippen molar-refractivity contribution in [3.8, 4) is 0 Å². The van der Waals surface area contributed by atoms with Crippen molar-refractivity contribution in [2.24, 2.45) is 0 Å². The molecule has 0 N–H and O–H groups in total. The molecule has 1 aromatic carbocycles. The van der Waals surface area contributed by atoms with Gasteiger partial charge in [-0.2, -0.15) is 0 Å². The van der Waals surface area contributed by atoms with Crippen LogP contribution >= 0.6 is 0 Å². The number of benzene rings is 1. The molecular formula is C22H31NO9.